The fraction of sp³-hybridized carbons (Fsp3) is 0.393. The molecule has 1 aromatic heterocycles. The molecule has 1 aliphatic rings. The zero-order chi connectivity index (χ0) is 30.4. The molecule has 1 fully saturated rings. The second kappa shape index (κ2) is 13.1. The van der Waals surface area contributed by atoms with Gasteiger partial charge in [-0.05, 0) is 64.1 Å². The first-order valence-electron chi connectivity index (χ1n) is 13.4. The first kappa shape index (κ1) is 30.7. The Kier molecular flexibility index (Phi) is 9.58. The van der Waals surface area contributed by atoms with E-state index in [1.165, 1.54) is 33.8 Å². The van der Waals surface area contributed by atoms with Crippen molar-refractivity contribution in [1.82, 2.24) is 10.2 Å². The second-order valence-electron chi connectivity index (χ2n) is 9.91. The molecule has 13 nitrogen and oxygen atoms in total. The quantitative estimate of drug-likeness (QED) is 0.270. The molecule has 42 heavy (non-hydrogen) atoms. The summed E-state index contributed by atoms with van der Waals surface area (Å²) in [4.78, 5) is 39.3. The van der Waals surface area contributed by atoms with Crippen LogP contribution >= 0.6 is 0 Å². The standard InChI is InChI=1S/C28H33N5O8S/c1-5-39-28(36)20-8-10-21(11-9-20)29-25(34)16-24-27(35)32(14-15-40-24)17-23-26(41-31-33(23)18(2)3)30-42(37,38)22-12-6-19(4)7-13-22/h6-13,18,24H,5,14-17H2,1-4H3,(H,29,34)/b30-26-. The largest absolute Gasteiger partial charge is 0.486 e. The predicted octanol–water partition coefficient (Wildman–Crippen LogP) is 1.64. The summed E-state index contributed by atoms with van der Waals surface area (Å²) in [6.07, 6.45) is -1.30. The zero-order valence-electron chi connectivity index (χ0n) is 23.8. The lowest BCUT2D eigenvalue weighted by Crippen LogP contribution is -2.52. The van der Waals surface area contributed by atoms with Gasteiger partial charge in [0, 0.05) is 12.2 Å². The minimum Gasteiger partial charge on any atom is -0.486 e. The van der Waals surface area contributed by atoms with E-state index in [4.69, 9.17) is 14.0 Å². The van der Waals surface area contributed by atoms with Crippen LogP contribution in [0.2, 0.25) is 0 Å². The Morgan fingerprint density at radius 3 is 2.50 bits per heavy atom. The highest BCUT2D eigenvalue weighted by atomic mass is 32.2. The van der Waals surface area contributed by atoms with Crippen LogP contribution < -0.4 is 20.8 Å². The number of hydrogen-bond acceptors (Lipinski definition) is 8. The smallest absolute Gasteiger partial charge is 0.338 e. The normalized spacial score (nSPS) is 16.1. The number of carbonyl (C=O) groups is 3. The molecule has 2 amide bonds. The van der Waals surface area contributed by atoms with E-state index in [9.17, 15) is 22.8 Å². The van der Waals surface area contributed by atoms with E-state index < -0.39 is 33.9 Å². The van der Waals surface area contributed by atoms with Crippen LogP contribution in [-0.2, 0) is 35.6 Å². The second-order valence-corrected chi connectivity index (χ2v) is 11.5. The van der Waals surface area contributed by atoms with E-state index in [1.54, 1.807) is 31.2 Å². The molecule has 2 aromatic carbocycles. The number of amides is 2. The van der Waals surface area contributed by atoms with Crippen LogP contribution in [0, 0.1) is 6.92 Å². The molecule has 0 radical (unpaired) electrons. The summed E-state index contributed by atoms with van der Waals surface area (Å²) in [5.41, 5.74) is 1.75. The van der Waals surface area contributed by atoms with Crippen molar-refractivity contribution < 1.29 is 41.5 Å². The predicted molar refractivity (Wildman–Crippen MR) is 147 cm³/mol. The van der Waals surface area contributed by atoms with Crippen LogP contribution in [0.3, 0.4) is 0 Å². The minimum absolute atomic E-state index is 0.00407. The molecule has 1 aliphatic heterocycles. The molecule has 14 heteroatoms. The number of aryl methyl sites for hydroxylation is 1. The highest BCUT2D eigenvalue weighted by molar-refractivity contribution is 7.90. The van der Waals surface area contributed by atoms with Gasteiger partial charge in [-0.1, -0.05) is 17.7 Å². The molecule has 1 saturated heterocycles. The van der Waals surface area contributed by atoms with Crippen LogP contribution in [0.5, 0.6) is 0 Å². The number of aromatic nitrogens is 2. The third kappa shape index (κ3) is 7.31. The molecule has 1 unspecified atom stereocenters. The van der Waals surface area contributed by atoms with Gasteiger partial charge in [0.05, 0.1) is 30.1 Å². The zero-order valence-corrected chi connectivity index (χ0v) is 24.6. The number of sulfonamides is 1. The van der Waals surface area contributed by atoms with Gasteiger partial charge in [0.2, 0.25) is 5.91 Å². The SMILES string of the molecule is CCOC(=O)c1ccc(NC(=O)CC2OCCN(Cc3/c(=N/S(=O)(=O)c4ccc(C)cc4)o[n-][n+]3C(C)C)C2=O)cc1. The van der Waals surface area contributed by atoms with Crippen LogP contribution in [0.4, 0.5) is 5.69 Å². The first-order valence-corrected chi connectivity index (χ1v) is 14.8. The number of nitrogens with one attached hydrogen (secondary N) is 1. The highest BCUT2D eigenvalue weighted by Crippen LogP contribution is 2.17. The van der Waals surface area contributed by atoms with E-state index in [0.29, 0.717) is 16.9 Å². The molecule has 2 heterocycles. The number of benzene rings is 2. The van der Waals surface area contributed by atoms with Crippen molar-refractivity contribution in [3.8, 4) is 0 Å². The van der Waals surface area contributed by atoms with Gasteiger partial charge in [0.15, 0.2) is 0 Å². The van der Waals surface area contributed by atoms with Gasteiger partial charge in [-0.15, -0.1) is 4.40 Å². The van der Waals surface area contributed by atoms with Crippen molar-refractivity contribution in [3.05, 3.63) is 70.9 Å². The van der Waals surface area contributed by atoms with E-state index in [-0.39, 0.29) is 49.2 Å². The highest BCUT2D eigenvalue weighted by Gasteiger charge is 2.34. The summed E-state index contributed by atoms with van der Waals surface area (Å²) in [5.74, 6) is -1.37. The Morgan fingerprint density at radius 2 is 1.86 bits per heavy atom. The Labute approximate surface area is 243 Å². The van der Waals surface area contributed by atoms with Gasteiger partial charge in [-0.3, -0.25) is 14.9 Å². The van der Waals surface area contributed by atoms with Crippen molar-refractivity contribution in [1.29, 1.82) is 0 Å². The third-order valence-corrected chi connectivity index (χ3v) is 7.68. The molecule has 1 atom stereocenters. The molecular formula is C28H33N5O8S. The van der Waals surface area contributed by atoms with Crippen molar-refractivity contribution in [2.45, 2.75) is 57.7 Å². The summed E-state index contributed by atoms with van der Waals surface area (Å²) in [5, 5.41) is 6.65. The Balaban J connectivity index is 1.48. The average molecular weight is 600 g/mol. The van der Waals surface area contributed by atoms with E-state index in [2.05, 4.69) is 15.0 Å². The lowest BCUT2D eigenvalue weighted by Gasteiger charge is -2.31. The van der Waals surface area contributed by atoms with Crippen molar-refractivity contribution in [2.24, 2.45) is 4.40 Å². The van der Waals surface area contributed by atoms with Gasteiger partial charge in [0.1, 0.15) is 18.7 Å². The molecule has 0 bridgehead atoms. The third-order valence-electron chi connectivity index (χ3n) is 6.41. The monoisotopic (exact) mass is 599 g/mol. The summed E-state index contributed by atoms with van der Waals surface area (Å²) in [6, 6.07) is 12.2. The van der Waals surface area contributed by atoms with E-state index in [0.717, 1.165) is 5.56 Å². The van der Waals surface area contributed by atoms with Crippen LogP contribution in [0.25, 0.3) is 0 Å². The van der Waals surface area contributed by atoms with Crippen molar-refractivity contribution >= 4 is 33.5 Å². The minimum atomic E-state index is -4.12. The number of esters is 1. The Hall–Kier alpha value is -4.30. The first-order chi connectivity index (χ1) is 20.0. The molecule has 0 saturated carbocycles. The molecule has 1 N–H and O–H groups in total. The summed E-state index contributed by atoms with van der Waals surface area (Å²) < 4.78 is 47.2. The number of hydrogen-bond donors (Lipinski definition) is 1. The summed E-state index contributed by atoms with van der Waals surface area (Å²) in [6.45, 7) is 7.78. The summed E-state index contributed by atoms with van der Waals surface area (Å²) >= 11 is 0. The van der Waals surface area contributed by atoms with Crippen LogP contribution in [0.15, 0.2) is 62.3 Å². The van der Waals surface area contributed by atoms with Crippen LogP contribution in [0.1, 0.15) is 54.8 Å². The molecule has 4 rings (SSSR count). The molecule has 0 aliphatic carbocycles. The Morgan fingerprint density at radius 1 is 1.17 bits per heavy atom. The molecule has 224 valence electrons. The maximum absolute atomic E-state index is 13.3. The number of anilines is 1. The number of carbonyl (C=O) groups excluding carboxylic acids is 3. The number of ether oxygens (including phenoxy) is 2. The number of morpholine rings is 1. The topological polar surface area (TPSA) is 163 Å². The van der Waals surface area contributed by atoms with Gasteiger partial charge < -0.3 is 24.2 Å². The van der Waals surface area contributed by atoms with E-state index >= 15 is 0 Å². The van der Waals surface area contributed by atoms with E-state index in [1.807, 2.05) is 20.8 Å². The van der Waals surface area contributed by atoms with Crippen LogP contribution in [-0.4, -0.2) is 57.0 Å². The molecule has 0 spiro atoms. The lowest BCUT2D eigenvalue weighted by atomic mass is 10.1. The van der Waals surface area contributed by atoms with Gasteiger partial charge in [0.25, 0.3) is 27.2 Å². The fourth-order valence-corrected chi connectivity index (χ4v) is 5.17. The number of rotatable bonds is 10. The van der Waals surface area contributed by atoms with Gasteiger partial charge in [-0.2, -0.15) is 8.42 Å². The summed E-state index contributed by atoms with van der Waals surface area (Å²) in [7, 11) is -4.12. The maximum atomic E-state index is 13.3. The van der Waals surface area contributed by atoms with Crippen molar-refractivity contribution in [3.63, 3.8) is 0 Å². The Bertz CT molecular complexity index is 1610. The molecule has 3 aromatic rings. The average Bonchev–Trinajstić information content (AvgIpc) is 3.33. The fourth-order valence-electron chi connectivity index (χ4n) is 4.23. The number of nitrogens with zero attached hydrogens (tertiary/aromatic N) is 4. The van der Waals surface area contributed by atoms with Gasteiger partial charge in [-0.25, -0.2) is 9.48 Å². The lowest BCUT2D eigenvalue weighted by molar-refractivity contribution is -0.790. The molecular weight excluding hydrogens is 566 g/mol. The van der Waals surface area contributed by atoms with Crippen molar-refractivity contribution in [2.75, 3.05) is 25.1 Å². The van der Waals surface area contributed by atoms with Gasteiger partial charge >= 0.3 is 5.97 Å². The maximum Gasteiger partial charge on any atom is 0.338 e.